The van der Waals surface area contributed by atoms with E-state index in [2.05, 4.69) is 0 Å². The number of ether oxygens (including phenoxy) is 8. The topological polar surface area (TPSA) is 73.8 Å². The first kappa shape index (κ1) is 21.7. The Morgan fingerprint density at radius 2 is 0.250 bits per heavy atom. The minimum Gasteiger partial charge on any atom is -0.377 e. The van der Waals surface area contributed by atoms with Gasteiger partial charge < -0.3 is 37.9 Å². The van der Waals surface area contributed by atoms with Gasteiger partial charge in [0.2, 0.25) is 0 Å². The lowest BCUT2D eigenvalue weighted by Gasteiger charge is -2.09. The van der Waals surface area contributed by atoms with Crippen molar-refractivity contribution in [2.45, 2.75) is 0 Å². The minimum absolute atomic E-state index is 0.778. The fourth-order valence-electron chi connectivity index (χ4n) is 1.76. The molecule has 8 nitrogen and oxygen atoms in total. The molecule has 0 aromatic heterocycles. The van der Waals surface area contributed by atoms with Crippen molar-refractivity contribution in [2.24, 2.45) is 0 Å². The smallest absolute Gasteiger partial charge is 0.0701 e. The van der Waals surface area contributed by atoms with E-state index < -0.39 is 0 Å². The molecule has 8 heteroatoms. The summed E-state index contributed by atoms with van der Waals surface area (Å²) in [5, 5.41) is 0. The van der Waals surface area contributed by atoms with Gasteiger partial charge >= 0.3 is 0 Å². The quantitative estimate of drug-likeness (QED) is 0.609. The Labute approximate surface area is 144 Å². The van der Waals surface area contributed by atoms with E-state index in [1.54, 1.807) is 0 Å². The van der Waals surface area contributed by atoms with Gasteiger partial charge in [-0.1, -0.05) is 0 Å². The molecule has 4 heterocycles. The van der Waals surface area contributed by atoms with Crippen LogP contribution in [-0.2, 0) is 37.9 Å². The van der Waals surface area contributed by atoms with E-state index in [0.29, 0.717) is 0 Å². The first-order valence-electron chi connectivity index (χ1n) is 8.62. The highest BCUT2D eigenvalue weighted by Crippen LogP contribution is 1.86. The highest BCUT2D eigenvalue weighted by molar-refractivity contribution is 4.38. The summed E-state index contributed by atoms with van der Waals surface area (Å²) in [4.78, 5) is 0. The lowest BCUT2D eigenvalue weighted by atomic mass is 10.6. The minimum atomic E-state index is 0.778. The number of rotatable bonds is 0. The summed E-state index contributed by atoms with van der Waals surface area (Å²) >= 11 is 0. The lowest BCUT2D eigenvalue weighted by Crippen LogP contribution is -2.16. The van der Waals surface area contributed by atoms with Crippen LogP contribution in [0.2, 0.25) is 0 Å². The fraction of sp³-hybridized carbons (Fsp3) is 1.00. The molecule has 0 unspecified atom stereocenters. The van der Waals surface area contributed by atoms with E-state index in [1.165, 1.54) is 0 Å². The molecule has 4 rings (SSSR count). The molecule has 0 amide bonds. The second kappa shape index (κ2) is 19.0. The zero-order valence-corrected chi connectivity index (χ0v) is 14.6. The summed E-state index contributed by atoms with van der Waals surface area (Å²) in [5.74, 6) is 0. The second-order valence-electron chi connectivity index (χ2n) is 4.90. The van der Waals surface area contributed by atoms with Gasteiger partial charge in [0.15, 0.2) is 0 Å². The summed E-state index contributed by atoms with van der Waals surface area (Å²) in [6.45, 7) is 12.4. The van der Waals surface area contributed by atoms with Gasteiger partial charge in [0, 0.05) is 0 Å². The predicted molar refractivity (Wildman–Crippen MR) is 86.6 cm³/mol. The molecule has 0 aromatic rings. The number of hydrogen-bond donors (Lipinski definition) is 0. The van der Waals surface area contributed by atoms with E-state index in [4.69, 9.17) is 37.9 Å². The molecular weight excluding hydrogens is 320 g/mol. The Morgan fingerprint density at radius 3 is 0.292 bits per heavy atom. The molecule has 4 fully saturated rings. The fourth-order valence-corrected chi connectivity index (χ4v) is 1.76. The Bertz CT molecular complexity index is 132. The Balaban J connectivity index is 0.000000160. The van der Waals surface area contributed by atoms with Gasteiger partial charge in [-0.3, -0.25) is 0 Å². The molecule has 0 aromatic carbocycles. The van der Waals surface area contributed by atoms with Gasteiger partial charge in [-0.05, 0) is 0 Å². The third-order valence-electron chi connectivity index (χ3n) is 2.98. The molecule has 0 saturated carbocycles. The summed E-state index contributed by atoms with van der Waals surface area (Å²) in [6, 6.07) is 0. The van der Waals surface area contributed by atoms with Crippen LogP contribution in [0.25, 0.3) is 0 Å². The SMILES string of the molecule is C1COCCO1.C1COCCO1.C1COCCO1.C1COCCO1. The van der Waals surface area contributed by atoms with Gasteiger partial charge in [-0.25, -0.2) is 0 Å². The third-order valence-corrected chi connectivity index (χ3v) is 2.98. The summed E-state index contributed by atoms with van der Waals surface area (Å²) in [6.07, 6.45) is 0. The van der Waals surface area contributed by atoms with Crippen LogP contribution >= 0.6 is 0 Å². The largest absolute Gasteiger partial charge is 0.377 e. The highest BCUT2D eigenvalue weighted by Gasteiger charge is 1.96. The molecule has 0 spiro atoms. The Kier molecular flexibility index (Phi) is 17.2. The van der Waals surface area contributed by atoms with Gasteiger partial charge in [0.25, 0.3) is 0 Å². The van der Waals surface area contributed by atoms with Crippen molar-refractivity contribution in [3.8, 4) is 0 Å². The van der Waals surface area contributed by atoms with E-state index in [1.807, 2.05) is 0 Å². The standard InChI is InChI=1S/4C4H8O2/c4*1-2-6-4-3-5-1/h4*1-4H2. The molecule has 0 atom stereocenters. The van der Waals surface area contributed by atoms with E-state index in [-0.39, 0.29) is 0 Å². The van der Waals surface area contributed by atoms with Crippen LogP contribution in [0.3, 0.4) is 0 Å². The normalized spacial score (nSPS) is 24.0. The average molecular weight is 352 g/mol. The molecular formula is C16H32O8. The lowest BCUT2D eigenvalue weighted by molar-refractivity contribution is -0.0334. The van der Waals surface area contributed by atoms with E-state index >= 15 is 0 Å². The maximum atomic E-state index is 4.94. The van der Waals surface area contributed by atoms with Crippen molar-refractivity contribution in [2.75, 3.05) is 106 Å². The maximum absolute atomic E-state index is 4.94. The summed E-state index contributed by atoms with van der Waals surface area (Å²) < 4.78 is 39.6. The maximum Gasteiger partial charge on any atom is 0.0701 e. The van der Waals surface area contributed by atoms with Gasteiger partial charge in [0.1, 0.15) is 0 Å². The van der Waals surface area contributed by atoms with E-state index in [0.717, 1.165) is 106 Å². The molecule has 24 heavy (non-hydrogen) atoms. The van der Waals surface area contributed by atoms with Crippen LogP contribution in [0.15, 0.2) is 0 Å². The van der Waals surface area contributed by atoms with Gasteiger partial charge in [0.05, 0.1) is 106 Å². The van der Waals surface area contributed by atoms with Crippen LogP contribution in [0.1, 0.15) is 0 Å². The van der Waals surface area contributed by atoms with Crippen molar-refractivity contribution >= 4 is 0 Å². The zero-order chi connectivity index (χ0) is 17.0. The van der Waals surface area contributed by atoms with Crippen LogP contribution in [0.4, 0.5) is 0 Å². The van der Waals surface area contributed by atoms with Crippen LogP contribution in [0, 0.1) is 0 Å². The van der Waals surface area contributed by atoms with Crippen molar-refractivity contribution in [1.29, 1.82) is 0 Å². The first-order chi connectivity index (χ1) is 12.0. The van der Waals surface area contributed by atoms with Crippen molar-refractivity contribution < 1.29 is 37.9 Å². The van der Waals surface area contributed by atoms with Gasteiger partial charge in [-0.2, -0.15) is 0 Å². The Morgan fingerprint density at radius 1 is 0.167 bits per heavy atom. The van der Waals surface area contributed by atoms with Crippen LogP contribution < -0.4 is 0 Å². The molecule has 0 bridgehead atoms. The van der Waals surface area contributed by atoms with E-state index in [9.17, 15) is 0 Å². The van der Waals surface area contributed by atoms with Crippen LogP contribution in [0.5, 0.6) is 0 Å². The molecule has 144 valence electrons. The second-order valence-corrected chi connectivity index (χ2v) is 4.90. The molecule has 0 radical (unpaired) electrons. The number of hydrogen-bond acceptors (Lipinski definition) is 8. The Hall–Kier alpha value is -0.320. The molecule has 0 aliphatic carbocycles. The molecule has 4 aliphatic heterocycles. The predicted octanol–water partition coefficient (Wildman–Crippen LogP) is 0.133. The third kappa shape index (κ3) is 16.5. The molecule has 4 saturated heterocycles. The van der Waals surface area contributed by atoms with Crippen molar-refractivity contribution in [1.82, 2.24) is 0 Å². The monoisotopic (exact) mass is 352 g/mol. The first-order valence-corrected chi connectivity index (χ1v) is 8.62. The summed E-state index contributed by atoms with van der Waals surface area (Å²) in [7, 11) is 0. The highest BCUT2D eigenvalue weighted by atomic mass is 16.6. The molecule has 0 N–H and O–H groups in total. The van der Waals surface area contributed by atoms with Crippen molar-refractivity contribution in [3.63, 3.8) is 0 Å². The van der Waals surface area contributed by atoms with Crippen molar-refractivity contribution in [3.05, 3.63) is 0 Å². The summed E-state index contributed by atoms with van der Waals surface area (Å²) in [5.41, 5.74) is 0. The van der Waals surface area contributed by atoms with Gasteiger partial charge in [-0.15, -0.1) is 0 Å². The van der Waals surface area contributed by atoms with Crippen LogP contribution in [-0.4, -0.2) is 106 Å². The molecule has 4 aliphatic rings. The average Bonchev–Trinajstić information content (AvgIpc) is 2.75. The zero-order valence-electron chi connectivity index (χ0n) is 14.6.